The van der Waals surface area contributed by atoms with E-state index in [1.54, 1.807) is 13.2 Å². The van der Waals surface area contributed by atoms with E-state index in [2.05, 4.69) is 10.3 Å². The third-order valence-corrected chi connectivity index (χ3v) is 4.14. The molecule has 0 atom stereocenters. The highest BCUT2D eigenvalue weighted by molar-refractivity contribution is 5.79. The van der Waals surface area contributed by atoms with E-state index in [9.17, 15) is 4.79 Å². The molecule has 0 aliphatic rings. The zero-order valence-electron chi connectivity index (χ0n) is 17.8. The second-order valence-electron chi connectivity index (χ2n) is 6.52. The number of carbonyl (C=O) groups excluding carboxylic acids is 1. The molecule has 0 aliphatic heterocycles. The SMILES string of the molecule is CCNC(=NCc1cccc(OCC(N)=O)c1)N(C)CCOc1ccc(OC)cc1. The number of primary amides is 1. The highest BCUT2D eigenvalue weighted by Crippen LogP contribution is 2.17. The van der Waals surface area contributed by atoms with Crippen LogP contribution in [0.2, 0.25) is 0 Å². The van der Waals surface area contributed by atoms with E-state index in [1.807, 2.05) is 61.3 Å². The highest BCUT2D eigenvalue weighted by Gasteiger charge is 2.07. The minimum Gasteiger partial charge on any atom is -0.497 e. The Bertz CT molecular complexity index is 824. The van der Waals surface area contributed by atoms with Gasteiger partial charge in [0, 0.05) is 13.6 Å². The molecule has 0 saturated carbocycles. The summed E-state index contributed by atoms with van der Waals surface area (Å²) in [6.45, 7) is 4.29. The summed E-state index contributed by atoms with van der Waals surface area (Å²) in [5.74, 6) is 2.45. The van der Waals surface area contributed by atoms with Gasteiger partial charge in [0.05, 0.1) is 20.2 Å². The fraction of sp³-hybridized carbons (Fsp3) is 0.364. The summed E-state index contributed by atoms with van der Waals surface area (Å²) < 4.78 is 16.3. The minimum atomic E-state index is -0.508. The van der Waals surface area contributed by atoms with E-state index < -0.39 is 5.91 Å². The predicted octanol–water partition coefficient (Wildman–Crippen LogP) is 2.04. The first-order chi connectivity index (χ1) is 14.5. The molecule has 162 valence electrons. The summed E-state index contributed by atoms with van der Waals surface area (Å²) in [4.78, 5) is 17.6. The lowest BCUT2D eigenvalue weighted by atomic mass is 10.2. The summed E-state index contributed by atoms with van der Waals surface area (Å²) in [5.41, 5.74) is 6.09. The van der Waals surface area contributed by atoms with Crippen molar-refractivity contribution in [1.82, 2.24) is 10.2 Å². The van der Waals surface area contributed by atoms with Gasteiger partial charge in [0.25, 0.3) is 5.91 Å². The molecule has 0 radical (unpaired) electrons. The van der Waals surface area contributed by atoms with Crippen LogP contribution >= 0.6 is 0 Å². The first-order valence-electron chi connectivity index (χ1n) is 9.78. The number of likely N-dealkylation sites (N-methyl/N-ethyl adjacent to an activating group) is 1. The van der Waals surface area contributed by atoms with Crippen LogP contribution in [0.5, 0.6) is 17.2 Å². The van der Waals surface area contributed by atoms with Gasteiger partial charge in [-0.15, -0.1) is 0 Å². The first kappa shape index (κ1) is 22.9. The molecule has 0 spiro atoms. The summed E-state index contributed by atoms with van der Waals surface area (Å²) >= 11 is 0. The highest BCUT2D eigenvalue weighted by atomic mass is 16.5. The monoisotopic (exact) mass is 414 g/mol. The molecule has 0 unspecified atom stereocenters. The molecule has 0 bridgehead atoms. The van der Waals surface area contributed by atoms with Gasteiger partial charge in [-0.3, -0.25) is 4.79 Å². The van der Waals surface area contributed by atoms with Gasteiger partial charge in [0.15, 0.2) is 12.6 Å². The van der Waals surface area contributed by atoms with Gasteiger partial charge in [0.2, 0.25) is 0 Å². The molecule has 2 aromatic rings. The molecule has 0 heterocycles. The number of methoxy groups -OCH3 is 1. The first-order valence-corrected chi connectivity index (χ1v) is 9.78. The van der Waals surface area contributed by atoms with Crippen LogP contribution in [0, 0.1) is 0 Å². The normalized spacial score (nSPS) is 11.0. The van der Waals surface area contributed by atoms with E-state index in [4.69, 9.17) is 19.9 Å². The molecule has 0 fully saturated rings. The maximum absolute atomic E-state index is 10.9. The second-order valence-corrected chi connectivity index (χ2v) is 6.52. The van der Waals surface area contributed by atoms with Gasteiger partial charge >= 0.3 is 0 Å². The van der Waals surface area contributed by atoms with Crippen LogP contribution in [0.3, 0.4) is 0 Å². The molecule has 2 aromatic carbocycles. The molecule has 30 heavy (non-hydrogen) atoms. The molecule has 0 aromatic heterocycles. The average molecular weight is 415 g/mol. The Morgan fingerprint density at radius 1 is 1.10 bits per heavy atom. The zero-order valence-corrected chi connectivity index (χ0v) is 17.8. The van der Waals surface area contributed by atoms with Crippen LogP contribution < -0.4 is 25.3 Å². The van der Waals surface area contributed by atoms with Crippen LogP contribution in [0.15, 0.2) is 53.5 Å². The van der Waals surface area contributed by atoms with Crippen molar-refractivity contribution in [1.29, 1.82) is 0 Å². The Morgan fingerprint density at radius 3 is 2.50 bits per heavy atom. The van der Waals surface area contributed by atoms with Crippen molar-refractivity contribution >= 4 is 11.9 Å². The Morgan fingerprint density at radius 2 is 1.83 bits per heavy atom. The van der Waals surface area contributed by atoms with Crippen LogP contribution in [-0.4, -0.2) is 57.2 Å². The molecule has 1 amide bonds. The van der Waals surface area contributed by atoms with E-state index in [0.717, 1.165) is 29.6 Å². The van der Waals surface area contributed by atoms with E-state index in [-0.39, 0.29) is 6.61 Å². The van der Waals surface area contributed by atoms with Gasteiger partial charge in [-0.25, -0.2) is 4.99 Å². The van der Waals surface area contributed by atoms with Gasteiger partial charge in [-0.2, -0.15) is 0 Å². The van der Waals surface area contributed by atoms with Crippen LogP contribution in [-0.2, 0) is 11.3 Å². The lowest BCUT2D eigenvalue weighted by molar-refractivity contribution is -0.119. The number of ether oxygens (including phenoxy) is 3. The molecular formula is C22H30N4O4. The number of nitrogens with two attached hydrogens (primary N) is 1. The van der Waals surface area contributed by atoms with Crippen molar-refractivity contribution in [3.63, 3.8) is 0 Å². The summed E-state index contributed by atoms with van der Waals surface area (Å²) in [5, 5.41) is 3.28. The molecule has 3 N–H and O–H groups in total. The number of aliphatic imine (C=N–C) groups is 1. The van der Waals surface area contributed by atoms with Crippen LogP contribution in [0.25, 0.3) is 0 Å². The minimum absolute atomic E-state index is 0.147. The maximum atomic E-state index is 10.9. The standard InChI is InChI=1S/C22H30N4O4/c1-4-24-22(25-15-17-6-5-7-20(14-17)30-16-21(23)27)26(2)12-13-29-19-10-8-18(28-3)9-11-19/h5-11,14H,4,12-13,15-16H2,1-3H3,(H2,23,27)(H,24,25). The summed E-state index contributed by atoms with van der Waals surface area (Å²) in [7, 11) is 3.60. The Balaban J connectivity index is 1.90. The smallest absolute Gasteiger partial charge is 0.255 e. The van der Waals surface area contributed by atoms with Gasteiger partial charge in [-0.1, -0.05) is 12.1 Å². The number of rotatable bonds is 11. The fourth-order valence-electron chi connectivity index (χ4n) is 2.60. The third kappa shape index (κ3) is 7.90. The second kappa shape index (κ2) is 12.2. The number of hydrogen-bond donors (Lipinski definition) is 2. The summed E-state index contributed by atoms with van der Waals surface area (Å²) in [6, 6.07) is 14.9. The Kier molecular flexibility index (Phi) is 9.30. The zero-order chi connectivity index (χ0) is 21.8. The molecule has 0 aliphatic carbocycles. The molecule has 8 nitrogen and oxygen atoms in total. The lowest BCUT2D eigenvalue weighted by Gasteiger charge is -2.22. The molecular weight excluding hydrogens is 384 g/mol. The summed E-state index contributed by atoms with van der Waals surface area (Å²) in [6.07, 6.45) is 0. The van der Waals surface area contributed by atoms with Gasteiger partial charge in [-0.05, 0) is 48.9 Å². The van der Waals surface area contributed by atoms with Crippen molar-refractivity contribution in [2.75, 3.05) is 40.5 Å². The Hall–Kier alpha value is -3.42. The fourth-order valence-corrected chi connectivity index (χ4v) is 2.60. The maximum Gasteiger partial charge on any atom is 0.255 e. The van der Waals surface area contributed by atoms with Crippen molar-refractivity contribution < 1.29 is 19.0 Å². The van der Waals surface area contributed by atoms with Gasteiger partial charge < -0.3 is 30.2 Å². The van der Waals surface area contributed by atoms with Gasteiger partial charge in [0.1, 0.15) is 23.9 Å². The number of nitrogens with one attached hydrogen (secondary N) is 1. The van der Waals surface area contributed by atoms with Crippen molar-refractivity contribution in [2.45, 2.75) is 13.5 Å². The number of carbonyl (C=O) groups is 1. The number of amides is 1. The molecule has 2 rings (SSSR count). The van der Waals surface area contributed by atoms with Crippen LogP contribution in [0.1, 0.15) is 12.5 Å². The predicted molar refractivity (Wildman–Crippen MR) is 117 cm³/mol. The number of benzene rings is 2. The third-order valence-electron chi connectivity index (χ3n) is 4.14. The van der Waals surface area contributed by atoms with E-state index in [1.165, 1.54) is 0 Å². The largest absolute Gasteiger partial charge is 0.497 e. The quantitative estimate of drug-likeness (QED) is 0.431. The number of nitrogens with zero attached hydrogens (tertiary/aromatic N) is 2. The number of hydrogen-bond acceptors (Lipinski definition) is 5. The van der Waals surface area contributed by atoms with Crippen molar-refractivity contribution in [3.05, 3.63) is 54.1 Å². The van der Waals surface area contributed by atoms with E-state index in [0.29, 0.717) is 25.4 Å². The van der Waals surface area contributed by atoms with Crippen molar-refractivity contribution in [2.24, 2.45) is 10.7 Å². The number of guanidine groups is 1. The lowest BCUT2D eigenvalue weighted by Crippen LogP contribution is -2.40. The molecule has 0 saturated heterocycles. The average Bonchev–Trinajstić information content (AvgIpc) is 2.76. The Labute approximate surface area is 177 Å². The van der Waals surface area contributed by atoms with Crippen LogP contribution in [0.4, 0.5) is 0 Å². The molecule has 8 heteroatoms. The topological polar surface area (TPSA) is 98.4 Å². The van der Waals surface area contributed by atoms with E-state index >= 15 is 0 Å². The van der Waals surface area contributed by atoms with Crippen molar-refractivity contribution in [3.8, 4) is 17.2 Å².